The van der Waals surface area contributed by atoms with Gasteiger partial charge in [0.05, 0.1) is 6.26 Å². The highest BCUT2D eigenvalue weighted by Crippen LogP contribution is 2.34. The molecular formula is C13H17BrN2O3S. The fourth-order valence-corrected chi connectivity index (χ4v) is 4.02. The number of amides is 1. The highest BCUT2D eigenvalue weighted by atomic mass is 79.9. The van der Waals surface area contributed by atoms with E-state index in [1.807, 2.05) is 18.2 Å². The van der Waals surface area contributed by atoms with E-state index in [9.17, 15) is 13.2 Å². The van der Waals surface area contributed by atoms with Crippen LogP contribution in [0.3, 0.4) is 0 Å². The maximum Gasteiger partial charge on any atom is 0.247 e. The van der Waals surface area contributed by atoms with Gasteiger partial charge in [0.15, 0.2) is 0 Å². The van der Waals surface area contributed by atoms with Gasteiger partial charge in [-0.05, 0) is 38.0 Å². The van der Waals surface area contributed by atoms with E-state index < -0.39 is 15.6 Å². The number of hydrogen-bond acceptors (Lipinski definition) is 3. The van der Waals surface area contributed by atoms with Crippen LogP contribution in [0.25, 0.3) is 0 Å². The lowest BCUT2D eigenvalue weighted by atomic mass is 10.1. The van der Waals surface area contributed by atoms with Crippen LogP contribution in [0.5, 0.6) is 0 Å². The van der Waals surface area contributed by atoms with Gasteiger partial charge in [-0.2, -0.15) is 0 Å². The van der Waals surface area contributed by atoms with E-state index in [1.165, 1.54) is 0 Å². The molecule has 0 aromatic heterocycles. The molecule has 1 aromatic rings. The minimum absolute atomic E-state index is 0.250. The first-order valence-electron chi connectivity index (χ1n) is 6.20. The molecule has 0 bridgehead atoms. The first kappa shape index (κ1) is 15.5. The Hall–Kier alpha value is -0.920. The van der Waals surface area contributed by atoms with Gasteiger partial charge in [0.1, 0.15) is 5.54 Å². The first-order valence-corrected chi connectivity index (χ1v) is 8.88. The molecule has 0 saturated heterocycles. The number of hydrogen-bond donors (Lipinski definition) is 1. The molecule has 5 nitrogen and oxygen atoms in total. The molecule has 110 valence electrons. The molecule has 1 aromatic carbocycles. The van der Waals surface area contributed by atoms with E-state index in [0.717, 1.165) is 28.4 Å². The van der Waals surface area contributed by atoms with Crippen molar-refractivity contribution >= 4 is 37.5 Å². The molecule has 1 heterocycles. The highest BCUT2D eigenvalue weighted by molar-refractivity contribution is 9.10. The number of anilines is 1. The van der Waals surface area contributed by atoms with Crippen LogP contribution in [0.4, 0.5) is 5.69 Å². The zero-order valence-corrected chi connectivity index (χ0v) is 14.0. The molecule has 7 heteroatoms. The second-order valence-electron chi connectivity index (χ2n) is 5.44. The lowest BCUT2D eigenvalue weighted by Crippen LogP contribution is -2.55. The number of nitrogens with zero attached hydrogens (tertiary/aromatic N) is 1. The SMILES string of the molecule is CC(C)(NS(C)(=O)=O)C(=O)N1CCc2c(Br)cccc21. The standard InChI is InChI=1S/C13H17BrN2O3S/c1-13(2,15-20(3,18)19)12(17)16-8-7-9-10(14)5-4-6-11(9)16/h4-6,15H,7-8H2,1-3H3. The minimum atomic E-state index is -3.45. The Morgan fingerprint density at radius 1 is 1.40 bits per heavy atom. The van der Waals surface area contributed by atoms with Gasteiger partial charge in [0, 0.05) is 16.7 Å². The van der Waals surface area contributed by atoms with Gasteiger partial charge >= 0.3 is 0 Å². The van der Waals surface area contributed by atoms with Crippen LogP contribution in [0, 0.1) is 0 Å². The van der Waals surface area contributed by atoms with Crippen LogP contribution < -0.4 is 9.62 Å². The zero-order chi connectivity index (χ0) is 15.1. The van der Waals surface area contributed by atoms with Crippen molar-refractivity contribution in [3.8, 4) is 0 Å². The molecule has 1 amide bonds. The first-order chi connectivity index (χ1) is 9.12. The van der Waals surface area contributed by atoms with Gasteiger partial charge in [0.25, 0.3) is 0 Å². The molecule has 0 radical (unpaired) electrons. The van der Waals surface area contributed by atoms with Crippen LogP contribution in [0.15, 0.2) is 22.7 Å². The van der Waals surface area contributed by atoms with Gasteiger partial charge in [-0.15, -0.1) is 0 Å². The van der Waals surface area contributed by atoms with E-state index in [1.54, 1.807) is 18.7 Å². The van der Waals surface area contributed by atoms with E-state index in [2.05, 4.69) is 20.7 Å². The number of benzene rings is 1. The normalized spacial score (nSPS) is 15.3. The second kappa shape index (κ2) is 5.13. The van der Waals surface area contributed by atoms with Crippen molar-refractivity contribution in [3.63, 3.8) is 0 Å². The Morgan fingerprint density at radius 3 is 2.65 bits per heavy atom. The third-order valence-corrected chi connectivity index (χ3v) is 4.81. The lowest BCUT2D eigenvalue weighted by molar-refractivity contribution is -0.123. The number of carbonyl (C=O) groups is 1. The number of halogens is 1. The second-order valence-corrected chi connectivity index (χ2v) is 8.05. The van der Waals surface area contributed by atoms with Crippen molar-refractivity contribution in [2.75, 3.05) is 17.7 Å². The summed E-state index contributed by atoms with van der Waals surface area (Å²) in [5.41, 5.74) is 0.751. The largest absolute Gasteiger partial charge is 0.310 e. The average molecular weight is 361 g/mol. The van der Waals surface area contributed by atoms with E-state index in [-0.39, 0.29) is 5.91 Å². The Bertz CT molecular complexity index is 656. The number of fused-ring (bicyclic) bond motifs is 1. The highest BCUT2D eigenvalue weighted by Gasteiger charge is 2.37. The monoisotopic (exact) mass is 360 g/mol. The fourth-order valence-electron chi connectivity index (χ4n) is 2.45. The number of rotatable bonds is 3. The quantitative estimate of drug-likeness (QED) is 0.891. The number of nitrogens with one attached hydrogen (secondary N) is 1. The molecule has 1 N–H and O–H groups in total. The molecule has 0 fully saturated rings. The molecule has 1 aliphatic rings. The van der Waals surface area contributed by atoms with Crippen molar-refractivity contribution in [1.29, 1.82) is 0 Å². The van der Waals surface area contributed by atoms with Crippen molar-refractivity contribution in [1.82, 2.24) is 4.72 Å². The summed E-state index contributed by atoms with van der Waals surface area (Å²) in [4.78, 5) is 14.2. The predicted molar refractivity (Wildman–Crippen MR) is 82.3 cm³/mol. The minimum Gasteiger partial charge on any atom is -0.310 e. The van der Waals surface area contributed by atoms with Gasteiger partial charge in [-0.3, -0.25) is 4.79 Å². The smallest absolute Gasteiger partial charge is 0.247 e. The molecule has 0 spiro atoms. The van der Waals surface area contributed by atoms with E-state index in [4.69, 9.17) is 0 Å². The fraction of sp³-hybridized carbons (Fsp3) is 0.462. The zero-order valence-electron chi connectivity index (χ0n) is 11.6. The molecule has 1 aliphatic heterocycles. The van der Waals surface area contributed by atoms with Crippen molar-refractivity contribution < 1.29 is 13.2 Å². The summed E-state index contributed by atoms with van der Waals surface area (Å²) < 4.78 is 26.1. The third-order valence-electron chi connectivity index (χ3n) is 3.19. The summed E-state index contributed by atoms with van der Waals surface area (Å²) in [5, 5.41) is 0. The Kier molecular flexibility index (Phi) is 3.96. The van der Waals surface area contributed by atoms with Gasteiger partial charge in [0.2, 0.25) is 15.9 Å². The summed E-state index contributed by atoms with van der Waals surface area (Å²) in [7, 11) is -3.45. The summed E-state index contributed by atoms with van der Waals surface area (Å²) in [6.45, 7) is 3.71. The van der Waals surface area contributed by atoms with Gasteiger partial charge < -0.3 is 4.90 Å². The number of carbonyl (C=O) groups excluding carboxylic acids is 1. The third kappa shape index (κ3) is 3.05. The van der Waals surface area contributed by atoms with Crippen LogP contribution >= 0.6 is 15.9 Å². The summed E-state index contributed by atoms with van der Waals surface area (Å²) in [6, 6.07) is 5.68. The van der Waals surface area contributed by atoms with E-state index in [0.29, 0.717) is 6.54 Å². The summed E-state index contributed by atoms with van der Waals surface area (Å²) >= 11 is 3.47. The van der Waals surface area contributed by atoms with Gasteiger partial charge in [-0.25, -0.2) is 13.1 Å². The average Bonchev–Trinajstić information content (AvgIpc) is 2.69. The number of sulfonamides is 1. The molecular weight excluding hydrogens is 344 g/mol. The van der Waals surface area contributed by atoms with Crippen LogP contribution in [0.2, 0.25) is 0 Å². The van der Waals surface area contributed by atoms with Crippen LogP contribution in [-0.4, -0.2) is 32.7 Å². The maximum atomic E-state index is 12.6. The maximum absolute atomic E-state index is 12.6. The van der Waals surface area contributed by atoms with Crippen molar-refractivity contribution in [3.05, 3.63) is 28.2 Å². The Morgan fingerprint density at radius 2 is 2.05 bits per heavy atom. The van der Waals surface area contributed by atoms with E-state index >= 15 is 0 Å². The molecule has 20 heavy (non-hydrogen) atoms. The summed E-state index contributed by atoms with van der Waals surface area (Å²) in [6.07, 6.45) is 1.81. The van der Waals surface area contributed by atoms with Crippen LogP contribution in [-0.2, 0) is 21.2 Å². The van der Waals surface area contributed by atoms with Crippen molar-refractivity contribution in [2.24, 2.45) is 0 Å². The molecule has 0 saturated carbocycles. The predicted octanol–water partition coefficient (Wildman–Crippen LogP) is 1.67. The molecule has 0 atom stereocenters. The Labute approximate surface area is 127 Å². The molecule has 0 aliphatic carbocycles. The molecule has 2 rings (SSSR count). The van der Waals surface area contributed by atoms with Crippen LogP contribution in [0.1, 0.15) is 19.4 Å². The topological polar surface area (TPSA) is 66.5 Å². The summed E-state index contributed by atoms with van der Waals surface area (Å²) in [5.74, 6) is -0.250. The lowest BCUT2D eigenvalue weighted by Gasteiger charge is -2.29. The van der Waals surface area contributed by atoms with Gasteiger partial charge in [-0.1, -0.05) is 22.0 Å². The molecule has 0 unspecified atom stereocenters. The Balaban J connectivity index is 2.31. The van der Waals surface area contributed by atoms with Crippen molar-refractivity contribution in [2.45, 2.75) is 25.8 Å².